The number of nitrogens with one attached hydrogen (secondary N) is 1. The number of rotatable bonds is 4. The molecule has 0 saturated heterocycles. The van der Waals surface area contributed by atoms with Crippen LogP contribution in [0.1, 0.15) is 16.7 Å². The fraction of sp³-hybridized carbons (Fsp3) is 0.107. The zero-order valence-corrected chi connectivity index (χ0v) is 20.1. The normalized spacial score (nSPS) is 12.2. The number of hydrogen-bond acceptors (Lipinski definition) is 4. The predicted molar refractivity (Wildman–Crippen MR) is 142 cm³/mol. The lowest BCUT2D eigenvalue weighted by Crippen LogP contribution is -2.22. The first-order chi connectivity index (χ1) is 17.0. The summed E-state index contributed by atoms with van der Waals surface area (Å²) in [7, 11) is 0. The standard InChI is InChI=1S/C28H22N4O2S/c1-17-12-22-24(13-18(17)2)32-27(34)25(35-28(32)30-22)14-19-15-31(23-11-7-6-10-21(19)23)16-26(33)29-20-8-4-3-5-9-20/h3-15H,16H2,1-2H3,(H,29,33)/b25-14+. The molecule has 0 bridgehead atoms. The number of aromatic nitrogens is 3. The van der Waals surface area contributed by atoms with Gasteiger partial charge in [0.2, 0.25) is 5.91 Å². The number of imidazole rings is 1. The Hall–Kier alpha value is -4.23. The van der Waals surface area contributed by atoms with Crippen molar-refractivity contribution in [2.45, 2.75) is 20.4 Å². The lowest BCUT2D eigenvalue weighted by Gasteiger charge is -2.07. The van der Waals surface area contributed by atoms with Crippen LogP contribution >= 0.6 is 11.3 Å². The molecule has 172 valence electrons. The van der Waals surface area contributed by atoms with Crippen molar-refractivity contribution in [1.82, 2.24) is 14.0 Å². The lowest BCUT2D eigenvalue weighted by molar-refractivity contribution is -0.116. The van der Waals surface area contributed by atoms with Gasteiger partial charge in [-0.3, -0.25) is 9.59 Å². The van der Waals surface area contributed by atoms with E-state index in [1.807, 2.05) is 90.5 Å². The summed E-state index contributed by atoms with van der Waals surface area (Å²) in [6.45, 7) is 4.26. The molecule has 0 aliphatic carbocycles. The number of hydrogen-bond donors (Lipinski definition) is 1. The summed E-state index contributed by atoms with van der Waals surface area (Å²) in [6.07, 6.45) is 3.84. The molecule has 0 spiro atoms. The molecule has 3 heterocycles. The highest BCUT2D eigenvalue weighted by Crippen LogP contribution is 2.23. The van der Waals surface area contributed by atoms with Gasteiger partial charge in [-0.2, -0.15) is 0 Å². The summed E-state index contributed by atoms with van der Waals surface area (Å²) in [5.74, 6) is -0.111. The molecule has 1 N–H and O–H groups in total. The molecule has 0 radical (unpaired) electrons. The summed E-state index contributed by atoms with van der Waals surface area (Å²) in [6, 6.07) is 21.4. The van der Waals surface area contributed by atoms with E-state index in [-0.39, 0.29) is 18.0 Å². The molecule has 6 nitrogen and oxygen atoms in total. The number of aryl methyl sites for hydroxylation is 2. The SMILES string of the molecule is Cc1cc2nc3s/c(=C/c4cn(CC(=O)Nc5ccccc5)c5ccccc45)c(=O)n3c2cc1C. The second-order valence-corrected chi connectivity index (χ2v) is 9.72. The number of nitrogens with zero attached hydrogens (tertiary/aromatic N) is 3. The average molecular weight is 479 g/mol. The van der Waals surface area contributed by atoms with Crippen molar-refractivity contribution in [2.24, 2.45) is 0 Å². The number of fused-ring (bicyclic) bond motifs is 4. The van der Waals surface area contributed by atoms with Crippen molar-refractivity contribution in [2.75, 3.05) is 5.32 Å². The molecule has 6 aromatic rings. The van der Waals surface area contributed by atoms with Gasteiger partial charge in [-0.25, -0.2) is 9.38 Å². The second kappa shape index (κ2) is 8.21. The minimum Gasteiger partial charge on any atom is -0.337 e. The van der Waals surface area contributed by atoms with Gasteiger partial charge in [0.1, 0.15) is 6.54 Å². The van der Waals surface area contributed by atoms with E-state index in [4.69, 9.17) is 4.98 Å². The first-order valence-electron chi connectivity index (χ1n) is 11.3. The molecule has 3 aromatic heterocycles. The highest BCUT2D eigenvalue weighted by atomic mass is 32.1. The number of carbonyl (C=O) groups excluding carboxylic acids is 1. The molecule has 0 atom stereocenters. The van der Waals surface area contributed by atoms with Crippen LogP contribution in [0.2, 0.25) is 0 Å². The Balaban J connectivity index is 1.43. The summed E-state index contributed by atoms with van der Waals surface area (Å²) < 4.78 is 4.24. The molecule has 6 rings (SSSR count). The molecule has 0 aliphatic rings. The van der Waals surface area contributed by atoms with Gasteiger partial charge in [-0.1, -0.05) is 47.7 Å². The van der Waals surface area contributed by atoms with Gasteiger partial charge < -0.3 is 9.88 Å². The third-order valence-corrected chi connectivity index (χ3v) is 7.30. The number of amides is 1. The fourth-order valence-electron chi connectivity index (χ4n) is 4.46. The molecule has 1 amide bonds. The van der Waals surface area contributed by atoms with E-state index in [0.717, 1.165) is 44.3 Å². The maximum atomic E-state index is 13.4. The summed E-state index contributed by atoms with van der Waals surface area (Å²) in [5, 5.41) is 3.92. The third-order valence-electron chi connectivity index (χ3n) is 6.33. The van der Waals surface area contributed by atoms with Gasteiger partial charge in [-0.15, -0.1) is 0 Å². The number of thiazole rings is 1. The Morgan fingerprint density at radius 3 is 2.57 bits per heavy atom. The fourth-order valence-corrected chi connectivity index (χ4v) is 5.44. The van der Waals surface area contributed by atoms with Crippen molar-refractivity contribution in [3.8, 4) is 0 Å². The lowest BCUT2D eigenvalue weighted by atomic mass is 10.1. The van der Waals surface area contributed by atoms with Crippen molar-refractivity contribution < 1.29 is 4.79 Å². The van der Waals surface area contributed by atoms with Crippen molar-refractivity contribution >= 4 is 55.9 Å². The summed E-state index contributed by atoms with van der Waals surface area (Å²) in [4.78, 5) is 31.4. The molecule has 0 fully saturated rings. The molecule has 7 heteroatoms. The Morgan fingerprint density at radius 1 is 1.00 bits per heavy atom. The highest BCUT2D eigenvalue weighted by Gasteiger charge is 2.14. The van der Waals surface area contributed by atoms with Crippen LogP contribution in [0.5, 0.6) is 0 Å². The third kappa shape index (κ3) is 3.70. The van der Waals surface area contributed by atoms with Crippen LogP contribution in [0.3, 0.4) is 0 Å². The summed E-state index contributed by atoms with van der Waals surface area (Å²) in [5.41, 5.74) is 6.48. The van der Waals surface area contributed by atoms with E-state index in [0.29, 0.717) is 9.49 Å². The number of benzene rings is 3. The van der Waals surface area contributed by atoms with Crippen LogP contribution in [0.15, 0.2) is 77.7 Å². The first-order valence-corrected chi connectivity index (χ1v) is 12.2. The van der Waals surface area contributed by atoms with Crippen LogP contribution in [-0.4, -0.2) is 19.9 Å². The van der Waals surface area contributed by atoms with Gasteiger partial charge >= 0.3 is 0 Å². The van der Waals surface area contributed by atoms with Crippen molar-refractivity contribution in [3.63, 3.8) is 0 Å². The van der Waals surface area contributed by atoms with Crippen LogP contribution in [0.4, 0.5) is 5.69 Å². The van der Waals surface area contributed by atoms with Crippen LogP contribution in [0, 0.1) is 13.8 Å². The Kier molecular flexibility index (Phi) is 5.00. The maximum Gasteiger partial charge on any atom is 0.274 e. The van der Waals surface area contributed by atoms with Crippen LogP contribution in [-0.2, 0) is 11.3 Å². The second-order valence-electron chi connectivity index (χ2n) is 8.71. The van der Waals surface area contributed by atoms with E-state index in [9.17, 15) is 9.59 Å². The quantitative estimate of drug-likeness (QED) is 0.401. The van der Waals surface area contributed by atoms with Crippen LogP contribution in [0.25, 0.3) is 33.0 Å². The van der Waals surface area contributed by atoms with Gasteiger partial charge in [0.05, 0.1) is 15.6 Å². The minimum atomic E-state index is -0.111. The van der Waals surface area contributed by atoms with E-state index in [1.54, 1.807) is 4.40 Å². The van der Waals surface area contributed by atoms with Gasteiger partial charge in [-0.05, 0) is 61.4 Å². The monoisotopic (exact) mass is 478 g/mol. The number of para-hydroxylation sites is 2. The van der Waals surface area contributed by atoms with Gasteiger partial charge in [0.15, 0.2) is 4.96 Å². The van der Waals surface area contributed by atoms with E-state index in [2.05, 4.69) is 12.2 Å². The molecular weight excluding hydrogens is 456 g/mol. The zero-order chi connectivity index (χ0) is 24.1. The minimum absolute atomic E-state index is 0.0746. The molecule has 0 unspecified atom stereocenters. The molecule has 3 aromatic carbocycles. The Labute approximate surface area is 204 Å². The predicted octanol–water partition coefficient (Wildman–Crippen LogP) is 4.67. The molecule has 35 heavy (non-hydrogen) atoms. The molecule has 0 aliphatic heterocycles. The highest BCUT2D eigenvalue weighted by molar-refractivity contribution is 7.15. The Morgan fingerprint density at radius 2 is 1.74 bits per heavy atom. The molecule has 0 saturated carbocycles. The maximum absolute atomic E-state index is 13.4. The van der Waals surface area contributed by atoms with Gasteiger partial charge in [0, 0.05) is 28.4 Å². The Bertz CT molecular complexity index is 1860. The zero-order valence-electron chi connectivity index (χ0n) is 19.3. The van der Waals surface area contributed by atoms with Gasteiger partial charge in [0.25, 0.3) is 5.56 Å². The first kappa shape index (κ1) is 21.3. The average Bonchev–Trinajstić information content (AvgIpc) is 3.46. The van der Waals surface area contributed by atoms with E-state index in [1.165, 1.54) is 11.3 Å². The van der Waals surface area contributed by atoms with E-state index >= 15 is 0 Å². The van der Waals surface area contributed by atoms with E-state index < -0.39 is 0 Å². The smallest absolute Gasteiger partial charge is 0.274 e. The van der Waals surface area contributed by atoms with Crippen molar-refractivity contribution in [3.05, 3.63) is 105 Å². The van der Waals surface area contributed by atoms with Crippen LogP contribution < -0.4 is 15.4 Å². The molecular formula is C28H22N4O2S. The largest absolute Gasteiger partial charge is 0.337 e. The topological polar surface area (TPSA) is 68.4 Å². The summed E-state index contributed by atoms with van der Waals surface area (Å²) >= 11 is 1.38. The number of carbonyl (C=O) groups is 1. The van der Waals surface area contributed by atoms with Crippen molar-refractivity contribution in [1.29, 1.82) is 0 Å². The number of anilines is 1.